The first-order valence-corrected chi connectivity index (χ1v) is 10.9. The van der Waals surface area contributed by atoms with Crippen molar-refractivity contribution in [3.05, 3.63) is 70.3 Å². The Morgan fingerprint density at radius 3 is 2.88 bits per heavy atom. The molecule has 0 spiro atoms. The molecule has 0 aliphatic carbocycles. The molecule has 0 saturated carbocycles. The molecular formula is C23H19FN6OS. The lowest BCUT2D eigenvalue weighted by Gasteiger charge is -2.36. The summed E-state index contributed by atoms with van der Waals surface area (Å²) in [4.78, 5) is 26.5. The van der Waals surface area contributed by atoms with E-state index in [4.69, 9.17) is 10.7 Å². The Kier molecular flexibility index (Phi) is 4.68. The van der Waals surface area contributed by atoms with E-state index in [1.165, 1.54) is 28.5 Å². The average Bonchev–Trinajstić information content (AvgIpc) is 3.45. The smallest absolute Gasteiger partial charge is 0.236 e. The zero-order chi connectivity index (χ0) is 22.5. The first-order chi connectivity index (χ1) is 15.4. The van der Waals surface area contributed by atoms with Gasteiger partial charge in [-0.1, -0.05) is 12.1 Å². The third-order valence-corrected chi connectivity index (χ3v) is 7.18. The molecule has 160 valence electrons. The third kappa shape index (κ3) is 3.11. The van der Waals surface area contributed by atoms with E-state index in [0.717, 1.165) is 16.0 Å². The van der Waals surface area contributed by atoms with Crippen LogP contribution in [0.1, 0.15) is 10.4 Å². The van der Waals surface area contributed by atoms with Crippen LogP contribution in [0.4, 0.5) is 10.2 Å². The number of nitrogens with two attached hydrogens (primary N) is 1. The molecule has 2 N–H and O–H groups in total. The molecule has 5 rings (SSSR count). The van der Waals surface area contributed by atoms with Crippen LogP contribution in [0, 0.1) is 23.1 Å². The number of rotatable bonds is 3. The van der Waals surface area contributed by atoms with Crippen molar-refractivity contribution in [3.63, 3.8) is 0 Å². The van der Waals surface area contributed by atoms with Crippen molar-refractivity contribution in [2.24, 2.45) is 16.6 Å². The highest BCUT2D eigenvalue weighted by Gasteiger charge is 2.56. The summed E-state index contributed by atoms with van der Waals surface area (Å²) < 4.78 is 13.4. The number of thiophene rings is 1. The van der Waals surface area contributed by atoms with Gasteiger partial charge in [0, 0.05) is 18.5 Å². The van der Waals surface area contributed by atoms with Gasteiger partial charge in [0.1, 0.15) is 17.2 Å². The highest BCUT2D eigenvalue weighted by molar-refractivity contribution is 7.10. The van der Waals surface area contributed by atoms with Crippen molar-refractivity contribution in [2.75, 3.05) is 25.0 Å². The number of halogens is 1. The lowest BCUT2D eigenvalue weighted by atomic mass is 9.83. The molecule has 2 aliphatic rings. The number of benzene rings is 1. The van der Waals surface area contributed by atoms with E-state index >= 15 is 0 Å². The molecule has 2 atom stereocenters. The van der Waals surface area contributed by atoms with Crippen LogP contribution in [0.3, 0.4) is 0 Å². The fraction of sp³-hybridized carbons (Fsp3) is 0.217. The second-order valence-corrected chi connectivity index (χ2v) is 8.86. The van der Waals surface area contributed by atoms with E-state index in [-0.39, 0.29) is 11.9 Å². The maximum atomic E-state index is 13.4. The van der Waals surface area contributed by atoms with Crippen LogP contribution >= 0.6 is 11.3 Å². The summed E-state index contributed by atoms with van der Waals surface area (Å²) in [7, 11) is 1.62. The number of guanidine groups is 1. The number of anilines is 1. The minimum Gasteiger partial charge on any atom is -0.369 e. The minimum atomic E-state index is -0.862. The molecule has 3 aromatic rings. The summed E-state index contributed by atoms with van der Waals surface area (Å²) in [6.07, 6.45) is 1.17. The number of nitrogens with zero attached hydrogens (tertiary/aromatic N) is 5. The van der Waals surface area contributed by atoms with Crippen molar-refractivity contribution in [1.82, 2.24) is 9.88 Å². The number of carbonyl (C=O) groups is 1. The number of hydrogen-bond donors (Lipinski definition) is 1. The molecule has 1 amide bonds. The van der Waals surface area contributed by atoms with Crippen molar-refractivity contribution < 1.29 is 9.18 Å². The van der Waals surface area contributed by atoms with Gasteiger partial charge in [-0.2, -0.15) is 5.26 Å². The Morgan fingerprint density at radius 1 is 1.28 bits per heavy atom. The van der Waals surface area contributed by atoms with Crippen molar-refractivity contribution in [3.8, 4) is 17.2 Å². The normalized spacial score (nSPS) is 22.5. The molecule has 1 fully saturated rings. The molecule has 9 heteroatoms. The summed E-state index contributed by atoms with van der Waals surface area (Å²) in [6.45, 7) is 0.796. The van der Waals surface area contributed by atoms with Gasteiger partial charge in [0.25, 0.3) is 0 Å². The first-order valence-electron chi connectivity index (χ1n) is 10.0. The second-order valence-electron chi connectivity index (χ2n) is 7.95. The van der Waals surface area contributed by atoms with Crippen LogP contribution in [-0.4, -0.2) is 41.9 Å². The van der Waals surface area contributed by atoms with Gasteiger partial charge in [-0.25, -0.2) is 14.4 Å². The Hall–Kier alpha value is -3.77. The number of fused-ring (bicyclic) bond motifs is 1. The summed E-state index contributed by atoms with van der Waals surface area (Å²) in [5, 5.41) is 11.2. The third-order valence-electron chi connectivity index (χ3n) is 6.08. The predicted octanol–water partition coefficient (Wildman–Crippen LogP) is 2.94. The molecule has 0 radical (unpaired) electrons. The SMILES string of the molecule is CN1C(=O)[C@@H]2CN(c3ccc(F)cn3)C[C@]2(c2cc(-c3cccc(C#N)c3)cs2)N=C1N. The predicted molar refractivity (Wildman–Crippen MR) is 120 cm³/mol. The highest BCUT2D eigenvalue weighted by atomic mass is 32.1. The van der Waals surface area contributed by atoms with Gasteiger partial charge in [0.05, 0.1) is 30.3 Å². The van der Waals surface area contributed by atoms with Gasteiger partial charge >= 0.3 is 0 Å². The molecule has 1 aromatic carbocycles. The fourth-order valence-corrected chi connectivity index (χ4v) is 5.49. The van der Waals surface area contributed by atoms with Crippen LogP contribution < -0.4 is 10.6 Å². The van der Waals surface area contributed by atoms with E-state index in [9.17, 15) is 14.4 Å². The maximum absolute atomic E-state index is 13.4. The number of aromatic nitrogens is 1. The molecule has 0 bridgehead atoms. The van der Waals surface area contributed by atoms with Crippen LogP contribution in [0.2, 0.25) is 0 Å². The summed E-state index contributed by atoms with van der Waals surface area (Å²) in [5.74, 6) is -0.225. The molecule has 4 heterocycles. The second kappa shape index (κ2) is 7.43. The molecule has 0 unspecified atom stereocenters. The number of carbonyl (C=O) groups excluding carboxylic acids is 1. The maximum Gasteiger partial charge on any atom is 0.236 e. The minimum absolute atomic E-state index is 0.108. The van der Waals surface area contributed by atoms with Crippen LogP contribution in [-0.2, 0) is 10.3 Å². The highest BCUT2D eigenvalue weighted by Crippen LogP contribution is 2.47. The summed E-state index contributed by atoms with van der Waals surface area (Å²) in [5.41, 5.74) is 7.74. The van der Waals surface area contributed by atoms with E-state index in [0.29, 0.717) is 24.5 Å². The molecule has 1 saturated heterocycles. The lowest BCUT2D eigenvalue weighted by molar-refractivity contribution is -0.132. The topological polar surface area (TPSA) is 98.6 Å². The van der Waals surface area contributed by atoms with Gasteiger partial charge in [0.2, 0.25) is 5.91 Å². The van der Waals surface area contributed by atoms with E-state index in [1.54, 1.807) is 19.2 Å². The van der Waals surface area contributed by atoms with Crippen molar-refractivity contribution >= 4 is 29.0 Å². The quantitative estimate of drug-likeness (QED) is 0.667. The summed E-state index contributed by atoms with van der Waals surface area (Å²) >= 11 is 1.51. The standard InChI is InChI=1S/C23H19FN6OS/c1-29-21(31)18-11-30(20-6-5-17(24)10-27-20)13-23(18,28-22(29)26)19-8-16(12-32-19)15-4-2-3-14(7-15)9-25/h2-8,10,12,18H,11,13H2,1H3,(H2,26,28)/t18-,23-/m0/s1. The van der Waals surface area contributed by atoms with Gasteiger partial charge in [-0.15, -0.1) is 11.3 Å². The van der Waals surface area contributed by atoms with Crippen LogP contribution in [0.15, 0.2) is 59.0 Å². The summed E-state index contributed by atoms with van der Waals surface area (Å²) in [6, 6.07) is 14.5. The zero-order valence-electron chi connectivity index (χ0n) is 17.2. The van der Waals surface area contributed by atoms with Gasteiger partial charge < -0.3 is 10.6 Å². The molecule has 7 nitrogen and oxygen atoms in total. The van der Waals surface area contributed by atoms with E-state index in [2.05, 4.69) is 11.1 Å². The number of amides is 1. The van der Waals surface area contributed by atoms with Crippen molar-refractivity contribution in [1.29, 1.82) is 5.26 Å². The Morgan fingerprint density at radius 2 is 2.12 bits per heavy atom. The monoisotopic (exact) mass is 446 g/mol. The van der Waals surface area contributed by atoms with E-state index < -0.39 is 17.3 Å². The largest absolute Gasteiger partial charge is 0.369 e. The van der Waals surface area contributed by atoms with Crippen molar-refractivity contribution in [2.45, 2.75) is 5.54 Å². The number of hydrogen-bond acceptors (Lipinski definition) is 7. The molecule has 32 heavy (non-hydrogen) atoms. The lowest BCUT2D eigenvalue weighted by Crippen LogP contribution is -2.54. The van der Waals surface area contributed by atoms with Gasteiger partial charge in [-0.3, -0.25) is 9.69 Å². The Balaban J connectivity index is 1.59. The van der Waals surface area contributed by atoms with Gasteiger partial charge in [-0.05, 0) is 46.8 Å². The van der Waals surface area contributed by atoms with Crippen LogP contribution in [0.5, 0.6) is 0 Å². The zero-order valence-corrected chi connectivity index (χ0v) is 18.0. The average molecular weight is 447 g/mol. The Labute approximate surface area is 188 Å². The molecular weight excluding hydrogens is 427 g/mol. The fourth-order valence-electron chi connectivity index (χ4n) is 4.38. The van der Waals surface area contributed by atoms with E-state index in [1.807, 2.05) is 34.5 Å². The molecule has 2 aromatic heterocycles. The van der Waals surface area contributed by atoms with Crippen LogP contribution in [0.25, 0.3) is 11.1 Å². The number of pyridine rings is 1. The molecule has 2 aliphatic heterocycles. The first kappa shape index (κ1) is 20.2. The van der Waals surface area contributed by atoms with Gasteiger partial charge in [0.15, 0.2) is 5.96 Å². The Bertz CT molecular complexity index is 1280. The number of aliphatic imine (C=N–C) groups is 1. The number of nitriles is 1.